The van der Waals surface area contributed by atoms with E-state index in [-0.39, 0.29) is 11.7 Å². The smallest absolute Gasteiger partial charge is 0.159 e. The third-order valence-electron chi connectivity index (χ3n) is 6.67. The second-order valence-electron chi connectivity index (χ2n) is 8.76. The molecule has 0 fully saturated rings. The molecule has 3 heterocycles. The molecule has 0 amide bonds. The summed E-state index contributed by atoms with van der Waals surface area (Å²) in [4.78, 5) is 9.24. The van der Waals surface area contributed by atoms with E-state index in [4.69, 9.17) is 4.42 Å². The van der Waals surface area contributed by atoms with Crippen LogP contribution >= 0.6 is 0 Å². The van der Waals surface area contributed by atoms with Crippen LogP contribution in [0.15, 0.2) is 59.4 Å². The predicted molar refractivity (Wildman–Crippen MR) is 122 cm³/mol. The standard InChI is InChI=1S/C25H28N4O/c1-16-11-12-20-19-9-7-8-10-21(19)30-24(20)23(16)28-13-14-29(18(28)3)25(4,5)22-15-26-17(2)27(22)6/h7-15,18H,1-6H3/t18-/m1/s1. The lowest BCUT2D eigenvalue weighted by Gasteiger charge is -2.41. The fraction of sp³-hybridized carbons (Fsp3) is 0.320. The van der Waals surface area contributed by atoms with E-state index in [0.29, 0.717) is 0 Å². The number of furan rings is 1. The minimum absolute atomic E-state index is 0.132. The topological polar surface area (TPSA) is 37.4 Å². The summed E-state index contributed by atoms with van der Waals surface area (Å²) in [6.45, 7) is 10.9. The van der Waals surface area contributed by atoms with Crippen molar-refractivity contribution in [1.29, 1.82) is 0 Å². The first-order valence-electron chi connectivity index (χ1n) is 10.5. The van der Waals surface area contributed by atoms with Crippen molar-refractivity contribution in [2.75, 3.05) is 4.90 Å². The lowest BCUT2D eigenvalue weighted by molar-refractivity contribution is 0.145. The van der Waals surface area contributed by atoms with E-state index in [1.165, 1.54) is 11.3 Å². The number of imidazole rings is 1. The quantitative estimate of drug-likeness (QED) is 0.435. The first-order valence-corrected chi connectivity index (χ1v) is 10.5. The Morgan fingerprint density at radius 1 is 1.00 bits per heavy atom. The second kappa shape index (κ2) is 6.39. The average molecular weight is 401 g/mol. The van der Waals surface area contributed by atoms with Crippen molar-refractivity contribution in [3.8, 4) is 0 Å². The van der Waals surface area contributed by atoms with E-state index < -0.39 is 0 Å². The van der Waals surface area contributed by atoms with Crippen LogP contribution in [-0.4, -0.2) is 20.6 Å². The molecule has 5 rings (SSSR count). The monoisotopic (exact) mass is 400 g/mol. The van der Waals surface area contributed by atoms with Gasteiger partial charge < -0.3 is 18.8 Å². The maximum absolute atomic E-state index is 6.34. The molecule has 0 N–H and O–H groups in total. The van der Waals surface area contributed by atoms with Gasteiger partial charge in [-0.25, -0.2) is 4.98 Å². The molecule has 30 heavy (non-hydrogen) atoms. The molecule has 0 radical (unpaired) electrons. The number of hydrogen-bond acceptors (Lipinski definition) is 4. The van der Waals surface area contributed by atoms with Crippen LogP contribution in [0.1, 0.15) is 37.9 Å². The van der Waals surface area contributed by atoms with Gasteiger partial charge >= 0.3 is 0 Å². The van der Waals surface area contributed by atoms with E-state index in [2.05, 4.69) is 90.8 Å². The minimum atomic E-state index is -0.212. The maximum Gasteiger partial charge on any atom is 0.159 e. The highest BCUT2D eigenvalue weighted by Crippen LogP contribution is 2.42. The Bertz CT molecular complexity index is 1290. The number of nitrogens with zero attached hydrogens (tertiary/aromatic N) is 4. The summed E-state index contributed by atoms with van der Waals surface area (Å²) in [5, 5.41) is 2.32. The van der Waals surface area contributed by atoms with Crippen LogP contribution in [0.5, 0.6) is 0 Å². The molecule has 0 spiro atoms. The second-order valence-corrected chi connectivity index (χ2v) is 8.76. The van der Waals surface area contributed by atoms with Crippen LogP contribution in [-0.2, 0) is 12.6 Å². The fourth-order valence-electron chi connectivity index (χ4n) is 4.84. The molecular weight excluding hydrogens is 372 g/mol. The van der Waals surface area contributed by atoms with E-state index >= 15 is 0 Å². The molecule has 154 valence electrons. The zero-order valence-electron chi connectivity index (χ0n) is 18.5. The summed E-state index contributed by atoms with van der Waals surface area (Å²) in [7, 11) is 2.08. The molecule has 4 aromatic rings. The van der Waals surface area contributed by atoms with Crippen LogP contribution in [0.4, 0.5) is 5.69 Å². The van der Waals surface area contributed by atoms with Crippen molar-refractivity contribution in [3.05, 3.63) is 72.1 Å². The summed E-state index contributed by atoms with van der Waals surface area (Å²) < 4.78 is 8.52. The van der Waals surface area contributed by atoms with E-state index in [1.54, 1.807) is 0 Å². The van der Waals surface area contributed by atoms with E-state index in [9.17, 15) is 0 Å². The highest BCUT2D eigenvalue weighted by atomic mass is 16.3. The van der Waals surface area contributed by atoms with E-state index in [1.807, 2.05) is 25.3 Å². The minimum Gasteiger partial charge on any atom is -0.454 e. The van der Waals surface area contributed by atoms with Crippen molar-refractivity contribution in [2.45, 2.75) is 46.3 Å². The van der Waals surface area contributed by atoms with Gasteiger partial charge in [-0.2, -0.15) is 0 Å². The van der Waals surface area contributed by atoms with Crippen molar-refractivity contribution in [1.82, 2.24) is 14.5 Å². The number of aryl methyl sites for hydroxylation is 2. The van der Waals surface area contributed by atoms with Crippen molar-refractivity contribution >= 4 is 27.6 Å². The maximum atomic E-state index is 6.34. The normalized spacial score (nSPS) is 17.1. The summed E-state index contributed by atoms with van der Waals surface area (Å²) >= 11 is 0. The number of aromatic nitrogens is 2. The molecular formula is C25H28N4O. The fourth-order valence-corrected chi connectivity index (χ4v) is 4.84. The lowest BCUT2D eigenvalue weighted by atomic mass is 9.98. The first kappa shape index (κ1) is 18.8. The molecule has 1 atom stereocenters. The summed E-state index contributed by atoms with van der Waals surface area (Å²) in [6.07, 6.45) is 6.48. The predicted octanol–water partition coefficient (Wildman–Crippen LogP) is 5.81. The van der Waals surface area contributed by atoms with Crippen LogP contribution in [0, 0.1) is 13.8 Å². The molecule has 0 unspecified atom stereocenters. The van der Waals surface area contributed by atoms with Gasteiger partial charge in [-0.15, -0.1) is 0 Å². The zero-order chi connectivity index (χ0) is 21.2. The van der Waals surface area contributed by atoms with Gasteiger partial charge in [-0.05, 0) is 46.2 Å². The number of fused-ring (bicyclic) bond motifs is 3. The van der Waals surface area contributed by atoms with Crippen molar-refractivity contribution in [2.24, 2.45) is 7.05 Å². The molecule has 0 bridgehead atoms. The van der Waals surface area contributed by atoms with Gasteiger partial charge in [0.05, 0.1) is 23.1 Å². The van der Waals surface area contributed by atoms with Gasteiger partial charge in [0.25, 0.3) is 0 Å². The largest absolute Gasteiger partial charge is 0.454 e. The highest BCUT2D eigenvalue weighted by Gasteiger charge is 2.38. The molecule has 1 aliphatic heterocycles. The zero-order valence-corrected chi connectivity index (χ0v) is 18.5. The van der Waals surface area contributed by atoms with Gasteiger partial charge in [0, 0.05) is 30.2 Å². The molecule has 1 aliphatic rings. The number of para-hydroxylation sites is 1. The molecule has 2 aromatic carbocycles. The molecule has 0 saturated carbocycles. The summed E-state index contributed by atoms with van der Waals surface area (Å²) in [5.74, 6) is 1.02. The Kier molecular flexibility index (Phi) is 4.01. The Labute approximate surface area is 177 Å². The van der Waals surface area contributed by atoms with E-state index in [0.717, 1.165) is 33.5 Å². The van der Waals surface area contributed by atoms with Crippen molar-refractivity contribution in [3.63, 3.8) is 0 Å². The van der Waals surface area contributed by atoms with Crippen LogP contribution in [0.25, 0.3) is 21.9 Å². The molecule has 5 nitrogen and oxygen atoms in total. The molecule has 0 aliphatic carbocycles. The van der Waals surface area contributed by atoms with Crippen LogP contribution in [0.2, 0.25) is 0 Å². The van der Waals surface area contributed by atoms with Crippen molar-refractivity contribution < 1.29 is 4.42 Å². The number of anilines is 1. The molecule has 0 saturated heterocycles. The SMILES string of the molecule is Cc1ccc2c(oc3ccccc32)c1N1C=CN(C(C)(C)c2cnc(C)n2C)[C@@H]1C. The van der Waals surface area contributed by atoms with Gasteiger partial charge in [-0.3, -0.25) is 0 Å². The van der Waals surface area contributed by atoms with Gasteiger partial charge in [0.15, 0.2) is 5.58 Å². The van der Waals surface area contributed by atoms with Gasteiger partial charge in [-0.1, -0.05) is 30.3 Å². The van der Waals surface area contributed by atoms with Gasteiger partial charge in [0.1, 0.15) is 17.6 Å². The highest BCUT2D eigenvalue weighted by molar-refractivity contribution is 6.09. The first-order chi connectivity index (χ1) is 14.3. The Balaban J connectivity index is 1.60. The Hall–Kier alpha value is -3.21. The molecule has 2 aromatic heterocycles. The number of rotatable bonds is 3. The number of hydrogen-bond donors (Lipinski definition) is 0. The van der Waals surface area contributed by atoms with Gasteiger partial charge in [0.2, 0.25) is 0 Å². The lowest BCUT2D eigenvalue weighted by Crippen LogP contribution is -2.47. The average Bonchev–Trinajstić information content (AvgIpc) is 3.38. The van der Waals surface area contributed by atoms with Crippen LogP contribution < -0.4 is 4.90 Å². The Morgan fingerprint density at radius 2 is 1.77 bits per heavy atom. The number of benzene rings is 2. The third-order valence-corrected chi connectivity index (χ3v) is 6.67. The summed E-state index contributed by atoms with van der Waals surface area (Å²) in [6, 6.07) is 12.6. The Morgan fingerprint density at radius 3 is 2.50 bits per heavy atom. The van der Waals surface area contributed by atoms with Crippen LogP contribution in [0.3, 0.4) is 0 Å². The molecule has 5 heteroatoms. The third kappa shape index (κ3) is 2.51. The summed E-state index contributed by atoms with van der Waals surface area (Å²) in [5.41, 5.74) is 5.19.